The van der Waals surface area contributed by atoms with Crippen LogP contribution in [0.3, 0.4) is 0 Å². The summed E-state index contributed by atoms with van der Waals surface area (Å²) < 4.78 is 0. The first-order valence-electron chi connectivity index (χ1n) is 4.18. The highest BCUT2D eigenvalue weighted by molar-refractivity contribution is 6.52. The molecule has 0 fully saturated rings. The van der Waals surface area contributed by atoms with Gasteiger partial charge in [-0.05, 0) is 12.1 Å². The fourth-order valence-electron chi connectivity index (χ4n) is 0.936. The first-order valence-corrected chi connectivity index (χ1v) is 6.24. The zero-order valence-corrected chi connectivity index (χ0v) is 8.51. The molecule has 0 aliphatic heterocycles. The van der Waals surface area contributed by atoms with Crippen molar-refractivity contribution in [2.45, 2.75) is 45.7 Å². The van der Waals surface area contributed by atoms with E-state index in [1.165, 1.54) is 18.9 Å². The molecule has 0 aliphatic rings. The molecule has 0 amide bonds. The number of rotatable bonds is 5. The third-order valence-corrected chi connectivity index (χ3v) is 3.54. The molecular weight excluding hydrogens is 140 g/mol. The quantitative estimate of drug-likeness (QED) is 0.588. The first-order chi connectivity index (χ1) is 4.66. The molecule has 0 rings (SSSR count). The van der Waals surface area contributed by atoms with Crippen molar-refractivity contribution in [2.24, 2.45) is 5.40 Å². The van der Waals surface area contributed by atoms with Gasteiger partial charge in [0.05, 0.1) is 0 Å². The molecule has 0 heterocycles. The lowest BCUT2D eigenvalue weighted by Gasteiger charge is -2.13. The van der Waals surface area contributed by atoms with Crippen molar-refractivity contribution in [1.29, 1.82) is 0 Å². The molecule has 0 aliphatic carbocycles. The van der Waals surface area contributed by atoms with E-state index < -0.39 is 9.12 Å². The molecule has 0 aromatic rings. The molecule has 0 saturated heterocycles. The second-order valence-corrected chi connectivity index (χ2v) is 5.19. The third-order valence-electron chi connectivity index (χ3n) is 1.42. The van der Waals surface area contributed by atoms with Crippen LogP contribution in [0.4, 0.5) is 0 Å². The van der Waals surface area contributed by atoms with Gasteiger partial charge in [0, 0.05) is 0 Å². The number of nitrogens with one attached hydrogen (secondary N) is 1. The van der Waals surface area contributed by atoms with E-state index in [2.05, 4.69) is 25.8 Å². The van der Waals surface area contributed by atoms with E-state index in [1.54, 1.807) is 0 Å². The van der Waals surface area contributed by atoms with Gasteiger partial charge in [0.2, 0.25) is 0 Å². The molecule has 10 heavy (non-hydrogen) atoms. The zero-order valence-electron chi connectivity index (χ0n) is 7.35. The molecule has 0 radical (unpaired) electrons. The summed E-state index contributed by atoms with van der Waals surface area (Å²) in [5.74, 6) is 0. The Balaban J connectivity index is 3.16. The van der Waals surface area contributed by atoms with Gasteiger partial charge in [0.15, 0.2) is 9.12 Å². The zero-order chi connectivity index (χ0) is 7.98. The fraction of sp³-hybridized carbons (Fsp3) is 1.00. The highest BCUT2D eigenvalue weighted by atomic mass is 28.3. The van der Waals surface area contributed by atoms with Crippen molar-refractivity contribution in [2.75, 3.05) is 0 Å². The summed E-state index contributed by atoms with van der Waals surface area (Å²) in [6.07, 6.45) is 2.55. The van der Waals surface area contributed by atoms with Crippen molar-refractivity contribution in [3.8, 4) is 0 Å². The van der Waals surface area contributed by atoms with Gasteiger partial charge in [0.1, 0.15) is 0 Å². The summed E-state index contributed by atoms with van der Waals surface area (Å²) in [5.41, 5.74) is 0. The summed E-state index contributed by atoms with van der Waals surface area (Å²) in [5, 5.41) is 5.89. The summed E-state index contributed by atoms with van der Waals surface area (Å²) in [4.78, 5) is 3.39. The van der Waals surface area contributed by atoms with Crippen molar-refractivity contribution in [3.63, 3.8) is 0 Å². The van der Waals surface area contributed by atoms with E-state index in [9.17, 15) is 0 Å². The lowest BCUT2D eigenvalue weighted by atomic mass is 10.4. The predicted molar refractivity (Wildman–Crippen MR) is 49.3 cm³/mol. The Labute approximate surface area is 66.0 Å². The molecule has 62 valence electrons. The minimum absolute atomic E-state index is 0.568. The number of hydrogen-bond donors (Lipinski definition) is 2. The molecule has 0 spiro atoms. The summed E-state index contributed by atoms with van der Waals surface area (Å²) in [6.45, 7) is 6.51. The maximum absolute atomic E-state index is 5.89. The molecule has 0 bridgehead atoms. The van der Waals surface area contributed by atoms with Crippen LogP contribution in [-0.4, -0.2) is 15.2 Å². The van der Waals surface area contributed by atoms with Crippen molar-refractivity contribution >= 4 is 9.12 Å². The Morgan fingerprint density at radius 2 is 2.10 bits per heavy atom. The average Bonchev–Trinajstić information content (AvgIpc) is 1.82. The first kappa shape index (κ1) is 10.1. The third kappa shape index (κ3) is 6.26. The number of nitrogens with two attached hydrogens (primary N) is 1. The van der Waals surface area contributed by atoms with Crippen LogP contribution in [0.5, 0.6) is 0 Å². The topological polar surface area (TPSA) is 38.0 Å². The normalized spacial score (nSPS) is 14.1. The Morgan fingerprint density at radius 3 is 2.50 bits per heavy atom. The van der Waals surface area contributed by atoms with Crippen LogP contribution in [0, 0.1) is 0 Å². The predicted octanol–water partition coefficient (Wildman–Crippen LogP) is 0.964. The fourth-order valence-corrected chi connectivity index (χ4v) is 2.81. The molecule has 0 aromatic carbocycles. The Hall–Kier alpha value is 0.137. The van der Waals surface area contributed by atoms with E-state index in [1.807, 2.05) is 0 Å². The number of hydrogen-bond acceptors (Lipinski definition) is 2. The molecule has 0 saturated carbocycles. The minimum Gasteiger partial charge on any atom is -0.341 e. The van der Waals surface area contributed by atoms with Gasteiger partial charge in [-0.1, -0.05) is 33.6 Å². The van der Waals surface area contributed by atoms with E-state index >= 15 is 0 Å². The molecular formula is C7H20N2Si. The Morgan fingerprint density at radius 1 is 1.50 bits per heavy atom. The Kier molecular flexibility index (Phi) is 5.97. The monoisotopic (exact) mass is 160 g/mol. The van der Waals surface area contributed by atoms with Crippen LogP contribution in [-0.2, 0) is 0 Å². The van der Waals surface area contributed by atoms with Crippen molar-refractivity contribution < 1.29 is 0 Å². The molecule has 1 unspecified atom stereocenters. The van der Waals surface area contributed by atoms with Gasteiger partial charge in [-0.25, -0.2) is 0 Å². The van der Waals surface area contributed by atoms with Gasteiger partial charge in [-0.15, -0.1) is 0 Å². The Bertz CT molecular complexity index is 76.0. The number of unbranched alkanes of at least 4 members (excludes halogenated alkanes) is 1. The summed E-state index contributed by atoms with van der Waals surface area (Å²) >= 11 is 0. The second-order valence-electron chi connectivity index (χ2n) is 3.07. The molecule has 2 nitrogen and oxygen atoms in total. The van der Waals surface area contributed by atoms with Crippen LogP contribution in [0.15, 0.2) is 0 Å². The van der Waals surface area contributed by atoms with E-state index in [4.69, 9.17) is 5.40 Å². The van der Waals surface area contributed by atoms with Crippen LogP contribution in [0.25, 0.3) is 0 Å². The molecule has 3 heteroatoms. The maximum Gasteiger partial charge on any atom is 0.182 e. The van der Waals surface area contributed by atoms with Gasteiger partial charge < -0.3 is 10.4 Å². The highest BCUT2D eigenvalue weighted by Gasteiger charge is 2.04. The van der Waals surface area contributed by atoms with Crippen molar-refractivity contribution in [3.05, 3.63) is 0 Å². The van der Waals surface area contributed by atoms with E-state index in [-0.39, 0.29) is 0 Å². The second kappa shape index (κ2) is 5.89. The molecule has 0 aromatic heterocycles. The van der Waals surface area contributed by atoms with Crippen LogP contribution in [0.2, 0.25) is 6.04 Å². The molecule has 1 atom stereocenters. The largest absolute Gasteiger partial charge is 0.341 e. The van der Waals surface area contributed by atoms with Gasteiger partial charge >= 0.3 is 0 Å². The van der Waals surface area contributed by atoms with E-state index in [0.717, 1.165) is 0 Å². The van der Waals surface area contributed by atoms with Crippen molar-refractivity contribution in [1.82, 2.24) is 4.98 Å². The van der Waals surface area contributed by atoms with Gasteiger partial charge in [0.25, 0.3) is 0 Å². The van der Waals surface area contributed by atoms with Crippen LogP contribution < -0.4 is 10.4 Å². The van der Waals surface area contributed by atoms with Gasteiger partial charge in [-0.2, -0.15) is 0 Å². The highest BCUT2D eigenvalue weighted by Crippen LogP contribution is 1.95. The van der Waals surface area contributed by atoms with E-state index in [0.29, 0.717) is 6.04 Å². The smallest absolute Gasteiger partial charge is 0.182 e. The lowest BCUT2D eigenvalue weighted by molar-refractivity contribution is 0.729. The van der Waals surface area contributed by atoms with Crippen LogP contribution in [0.1, 0.15) is 33.6 Å². The SMILES string of the molecule is CCCC[SiH](N)NC(C)C. The lowest BCUT2D eigenvalue weighted by Crippen LogP contribution is -2.46. The van der Waals surface area contributed by atoms with Gasteiger partial charge in [-0.3, -0.25) is 0 Å². The molecule has 3 N–H and O–H groups in total. The van der Waals surface area contributed by atoms with Crippen LogP contribution >= 0.6 is 0 Å². The summed E-state index contributed by atoms with van der Waals surface area (Å²) in [6, 6.07) is 1.80. The standard InChI is InChI=1S/C7H20N2Si/c1-4-5-6-10(8)9-7(2)3/h7,9-10H,4-6,8H2,1-3H3. The average molecular weight is 160 g/mol. The summed E-state index contributed by atoms with van der Waals surface area (Å²) in [7, 11) is -1.03. The maximum atomic E-state index is 5.89. The minimum atomic E-state index is -1.03.